The quantitative estimate of drug-likeness (QED) is 0.530. The third kappa shape index (κ3) is 3.21. The molecule has 1 aromatic heterocycles. The number of nitrogens with zero attached hydrogens (tertiary/aromatic N) is 2. The highest BCUT2D eigenvalue weighted by Gasteiger charge is 2.36. The zero-order chi connectivity index (χ0) is 19.9. The van der Waals surface area contributed by atoms with Gasteiger partial charge in [-0.3, -0.25) is 0 Å². The van der Waals surface area contributed by atoms with Gasteiger partial charge in [0.1, 0.15) is 11.4 Å². The van der Waals surface area contributed by atoms with Crippen LogP contribution >= 0.6 is 0 Å². The van der Waals surface area contributed by atoms with Gasteiger partial charge in [0.2, 0.25) is 0 Å². The van der Waals surface area contributed by atoms with Gasteiger partial charge in [0, 0.05) is 10.9 Å². The van der Waals surface area contributed by atoms with E-state index in [2.05, 4.69) is 9.97 Å². The summed E-state index contributed by atoms with van der Waals surface area (Å²) in [6.45, 7) is 0. The molecule has 0 aliphatic rings. The second-order valence-electron chi connectivity index (χ2n) is 5.47. The number of rotatable bonds is 3. The molecule has 6 nitrogen and oxygen atoms in total. The number of carboxylic acids is 1. The van der Waals surface area contributed by atoms with Crippen molar-refractivity contribution in [1.29, 1.82) is 0 Å². The van der Waals surface area contributed by atoms with Gasteiger partial charge in [0.05, 0.1) is 18.3 Å². The van der Waals surface area contributed by atoms with Crippen LogP contribution in [0.2, 0.25) is 0 Å². The van der Waals surface area contributed by atoms with E-state index in [0.717, 1.165) is 18.2 Å². The topological polar surface area (TPSA) is 98.3 Å². The molecule has 0 spiro atoms. The summed E-state index contributed by atoms with van der Waals surface area (Å²) in [6.07, 6.45) is -4.87. The molecule has 0 fully saturated rings. The molecule has 2 aromatic carbocycles. The van der Waals surface area contributed by atoms with E-state index in [1.165, 1.54) is 13.2 Å². The van der Waals surface area contributed by atoms with E-state index in [9.17, 15) is 22.4 Å². The number of aromatic nitrogens is 2. The molecule has 0 aliphatic heterocycles. The first-order valence-corrected chi connectivity index (χ1v) is 7.38. The third-order valence-corrected chi connectivity index (χ3v) is 3.80. The molecule has 1 heterocycles. The predicted molar refractivity (Wildman–Crippen MR) is 87.9 cm³/mol. The molecule has 140 valence electrons. The van der Waals surface area contributed by atoms with Gasteiger partial charge in [0.15, 0.2) is 17.3 Å². The van der Waals surface area contributed by atoms with E-state index in [1.807, 2.05) is 0 Å². The fraction of sp³-hybridized carbons (Fsp3) is 0.118. The van der Waals surface area contributed by atoms with Crippen LogP contribution < -0.4 is 10.5 Å². The maximum Gasteiger partial charge on any atom is 0.434 e. The normalized spacial score (nSPS) is 11.6. The van der Waals surface area contributed by atoms with Gasteiger partial charge >= 0.3 is 12.1 Å². The number of hydrogen-bond donors (Lipinski definition) is 2. The predicted octanol–water partition coefficient (Wildman–Crippen LogP) is 3.74. The Morgan fingerprint density at radius 2 is 1.89 bits per heavy atom. The number of halogens is 4. The lowest BCUT2D eigenvalue weighted by molar-refractivity contribution is -0.139. The van der Waals surface area contributed by atoms with Crippen LogP contribution in [0.3, 0.4) is 0 Å². The first kappa shape index (κ1) is 18.4. The molecule has 0 atom stereocenters. The van der Waals surface area contributed by atoms with Crippen LogP contribution in [0.1, 0.15) is 16.1 Å². The molecular weight excluding hydrogens is 370 g/mol. The van der Waals surface area contributed by atoms with Crippen molar-refractivity contribution in [3.05, 3.63) is 47.4 Å². The van der Waals surface area contributed by atoms with Gasteiger partial charge < -0.3 is 15.6 Å². The Kier molecular flexibility index (Phi) is 4.34. The second kappa shape index (κ2) is 6.38. The Hall–Kier alpha value is -3.43. The number of hydrogen-bond acceptors (Lipinski definition) is 5. The van der Waals surface area contributed by atoms with Crippen molar-refractivity contribution >= 4 is 22.6 Å². The maximum absolute atomic E-state index is 13.4. The molecule has 0 aliphatic carbocycles. The van der Waals surface area contributed by atoms with Crippen LogP contribution in [0.4, 0.5) is 23.2 Å². The van der Waals surface area contributed by atoms with Gasteiger partial charge in [-0.2, -0.15) is 13.2 Å². The van der Waals surface area contributed by atoms with Gasteiger partial charge in [-0.1, -0.05) is 0 Å². The van der Waals surface area contributed by atoms with Crippen LogP contribution in [0.15, 0.2) is 30.3 Å². The summed E-state index contributed by atoms with van der Waals surface area (Å²) in [7, 11) is 1.17. The van der Waals surface area contributed by atoms with E-state index in [-0.39, 0.29) is 28.1 Å². The molecule has 3 N–H and O–H groups in total. The van der Waals surface area contributed by atoms with Crippen molar-refractivity contribution in [1.82, 2.24) is 9.97 Å². The fourth-order valence-corrected chi connectivity index (χ4v) is 2.62. The largest absolute Gasteiger partial charge is 0.494 e. The highest BCUT2D eigenvalue weighted by atomic mass is 19.4. The second-order valence-corrected chi connectivity index (χ2v) is 5.47. The molecule has 0 amide bonds. The number of fused-ring (bicyclic) bond motifs is 1. The van der Waals surface area contributed by atoms with Gasteiger partial charge in [-0.25, -0.2) is 19.2 Å². The maximum atomic E-state index is 13.4. The molecule has 27 heavy (non-hydrogen) atoms. The van der Waals surface area contributed by atoms with Gasteiger partial charge in [-0.15, -0.1) is 0 Å². The minimum absolute atomic E-state index is 0.0476. The molecule has 0 radical (unpaired) electrons. The number of carbonyl (C=O) groups is 1. The number of nitrogen functional groups attached to an aromatic ring is 1. The summed E-state index contributed by atoms with van der Waals surface area (Å²) in [4.78, 5) is 18.7. The number of carboxylic acid groups (broad SMARTS) is 1. The molecule has 10 heteroatoms. The van der Waals surface area contributed by atoms with Crippen LogP contribution in [0, 0.1) is 5.82 Å². The van der Waals surface area contributed by atoms with Crippen molar-refractivity contribution in [2.75, 3.05) is 12.8 Å². The number of nitrogens with two attached hydrogens (primary N) is 1. The third-order valence-electron chi connectivity index (χ3n) is 3.80. The van der Waals surface area contributed by atoms with E-state index >= 15 is 0 Å². The number of aromatic carboxylic acids is 1. The SMILES string of the molecule is COc1c(C(=O)O)ccc(-c2nc(C(F)(F)F)c3cc(F)ccc3n2)c1N. The summed E-state index contributed by atoms with van der Waals surface area (Å²) >= 11 is 0. The Balaban J connectivity index is 2.33. The molecule has 0 unspecified atom stereocenters. The summed E-state index contributed by atoms with van der Waals surface area (Å²) in [5.74, 6) is -2.81. The monoisotopic (exact) mass is 381 g/mol. The first-order chi connectivity index (χ1) is 12.6. The van der Waals surface area contributed by atoms with Crippen LogP contribution in [0.25, 0.3) is 22.3 Å². The summed E-state index contributed by atoms with van der Waals surface area (Å²) in [5.41, 5.74) is 3.86. The Bertz CT molecular complexity index is 1070. The lowest BCUT2D eigenvalue weighted by atomic mass is 10.1. The van der Waals surface area contributed by atoms with Crippen LogP contribution in [-0.4, -0.2) is 28.2 Å². The van der Waals surface area contributed by atoms with Crippen LogP contribution in [0.5, 0.6) is 5.75 Å². The first-order valence-electron chi connectivity index (χ1n) is 7.38. The highest BCUT2D eigenvalue weighted by molar-refractivity contribution is 5.96. The minimum atomic E-state index is -4.87. The number of anilines is 1. The van der Waals surface area contributed by atoms with Crippen molar-refractivity contribution in [2.24, 2.45) is 0 Å². The van der Waals surface area contributed by atoms with Crippen molar-refractivity contribution in [2.45, 2.75) is 6.18 Å². The van der Waals surface area contributed by atoms with E-state index in [4.69, 9.17) is 15.6 Å². The fourth-order valence-electron chi connectivity index (χ4n) is 2.62. The standard InChI is InChI=1S/C17H11F4N3O3/c1-27-13-9(16(25)26)4-3-8(12(13)22)15-23-11-5-2-7(18)6-10(11)14(24-15)17(19,20)21/h2-6H,22H2,1H3,(H,25,26). The van der Waals surface area contributed by atoms with Crippen molar-refractivity contribution < 1.29 is 32.2 Å². The van der Waals surface area contributed by atoms with Crippen molar-refractivity contribution in [3.63, 3.8) is 0 Å². The molecule has 0 bridgehead atoms. The molecular formula is C17H11F4N3O3. The van der Waals surface area contributed by atoms with Gasteiger partial charge in [0.25, 0.3) is 0 Å². The number of alkyl halides is 3. The highest BCUT2D eigenvalue weighted by Crippen LogP contribution is 2.38. The van der Waals surface area contributed by atoms with Gasteiger partial charge in [-0.05, 0) is 30.3 Å². The lowest BCUT2D eigenvalue weighted by Crippen LogP contribution is -2.12. The zero-order valence-electron chi connectivity index (χ0n) is 13.6. The molecule has 3 rings (SSSR count). The Morgan fingerprint density at radius 3 is 2.48 bits per heavy atom. The summed E-state index contributed by atoms with van der Waals surface area (Å²) in [5, 5.41) is 8.65. The van der Waals surface area contributed by atoms with Crippen LogP contribution in [-0.2, 0) is 6.18 Å². The van der Waals surface area contributed by atoms with E-state index in [1.54, 1.807) is 0 Å². The Morgan fingerprint density at radius 1 is 1.19 bits per heavy atom. The minimum Gasteiger partial charge on any atom is -0.494 e. The number of ether oxygens (including phenoxy) is 1. The average Bonchev–Trinajstić information content (AvgIpc) is 2.59. The van der Waals surface area contributed by atoms with E-state index < -0.39 is 34.9 Å². The summed E-state index contributed by atoms with van der Waals surface area (Å²) in [6, 6.07) is 5.06. The smallest absolute Gasteiger partial charge is 0.434 e. The molecule has 3 aromatic rings. The number of benzene rings is 2. The lowest BCUT2D eigenvalue weighted by Gasteiger charge is -2.15. The average molecular weight is 381 g/mol. The molecule has 0 saturated carbocycles. The summed E-state index contributed by atoms with van der Waals surface area (Å²) < 4.78 is 58.6. The van der Waals surface area contributed by atoms with Crippen molar-refractivity contribution in [3.8, 4) is 17.1 Å². The number of methoxy groups -OCH3 is 1. The van der Waals surface area contributed by atoms with E-state index in [0.29, 0.717) is 6.07 Å². The molecule has 0 saturated heterocycles. The Labute approximate surface area is 149 Å². The zero-order valence-corrected chi connectivity index (χ0v) is 13.6.